The molecule has 0 bridgehead atoms. The zero-order valence-electron chi connectivity index (χ0n) is 13.8. The number of nitrogens with one attached hydrogen (secondary N) is 2. The van der Waals surface area contributed by atoms with Crippen LogP contribution in [0.2, 0.25) is 5.02 Å². The smallest absolute Gasteiger partial charge is 0.224 e. The monoisotopic (exact) mass is 356 g/mol. The molecule has 2 aromatic carbocycles. The van der Waals surface area contributed by atoms with Gasteiger partial charge in [0.05, 0.1) is 5.69 Å². The number of halogens is 2. The second kappa shape index (κ2) is 7.94. The molecule has 1 heterocycles. The zero-order chi connectivity index (χ0) is 17.6. The van der Waals surface area contributed by atoms with Crippen molar-refractivity contribution in [1.82, 2.24) is 9.97 Å². The first-order chi connectivity index (χ1) is 12.1. The summed E-state index contributed by atoms with van der Waals surface area (Å²) in [7, 11) is 0. The summed E-state index contributed by atoms with van der Waals surface area (Å²) in [5.74, 6) is 0.720. The third kappa shape index (κ3) is 4.90. The lowest BCUT2D eigenvalue weighted by molar-refractivity contribution is 0.632. The van der Waals surface area contributed by atoms with Crippen LogP contribution in [0.5, 0.6) is 0 Å². The number of para-hydroxylation sites is 1. The lowest BCUT2D eigenvalue weighted by Gasteiger charge is -2.10. The highest BCUT2D eigenvalue weighted by atomic mass is 35.5. The summed E-state index contributed by atoms with van der Waals surface area (Å²) in [5.41, 5.74) is 2.31. The van der Waals surface area contributed by atoms with Crippen molar-refractivity contribution < 1.29 is 4.39 Å². The number of hydrogen-bond donors (Lipinski definition) is 2. The maximum absolute atomic E-state index is 13.8. The first-order valence-corrected chi connectivity index (χ1v) is 8.33. The normalized spacial score (nSPS) is 10.5. The molecule has 128 valence electrons. The average molecular weight is 357 g/mol. The molecule has 0 radical (unpaired) electrons. The van der Waals surface area contributed by atoms with Gasteiger partial charge in [0.2, 0.25) is 5.95 Å². The van der Waals surface area contributed by atoms with Crippen LogP contribution in [-0.2, 0) is 6.42 Å². The van der Waals surface area contributed by atoms with Gasteiger partial charge in [-0.2, -0.15) is 4.98 Å². The first-order valence-electron chi connectivity index (χ1n) is 7.96. The SMILES string of the molecule is Cc1cc(Nc2ccccc2F)nc(NCCc2cccc(Cl)c2)n1. The van der Waals surface area contributed by atoms with Gasteiger partial charge in [-0.25, -0.2) is 9.37 Å². The third-order valence-corrected chi connectivity index (χ3v) is 3.81. The lowest BCUT2D eigenvalue weighted by Crippen LogP contribution is -2.09. The Bertz CT molecular complexity index is 870. The van der Waals surface area contributed by atoms with Gasteiger partial charge in [0, 0.05) is 23.3 Å². The maximum Gasteiger partial charge on any atom is 0.224 e. The molecule has 6 heteroatoms. The number of anilines is 3. The molecule has 0 fully saturated rings. The second-order valence-corrected chi connectivity index (χ2v) is 6.07. The van der Waals surface area contributed by atoms with Crippen molar-refractivity contribution in [2.24, 2.45) is 0 Å². The van der Waals surface area contributed by atoms with Gasteiger partial charge in [-0.1, -0.05) is 35.9 Å². The van der Waals surface area contributed by atoms with Crippen molar-refractivity contribution >= 4 is 29.1 Å². The highest BCUT2D eigenvalue weighted by molar-refractivity contribution is 6.30. The molecule has 3 aromatic rings. The van der Waals surface area contributed by atoms with E-state index >= 15 is 0 Å². The van der Waals surface area contributed by atoms with Crippen molar-refractivity contribution in [1.29, 1.82) is 0 Å². The fourth-order valence-corrected chi connectivity index (χ4v) is 2.64. The Hall–Kier alpha value is -2.66. The third-order valence-electron chi connectivity index (χ3n) is 3.58. The van der Waals surface area contributed by atoms with Crippen molar-refractivity contribution in [3.8, 4) is 0 Å². The summed E-state index contributed by atoms with van der Waals surface area (Å²) in [5, 5.41) is 6.90. The summed E-state index contributed by atoms with van der Waals surface area (Å²) in [6.45, 7) is 2.54. The molecule has 2 N–H and O–H groups in total. The number of benzene rings is 2. The van der Waals surface area contributed by atoms with Gasteiger partial charge in [0.15, 0.2) is 0 Å². The molecule has 0 saturated carbocycles. The number of hydrogen-bond acceptors (Lipinski definition) is 4. The molecule has 0 saturated heterocycles. The quantitative estimate of drug-likeness (QED) is 0.654. The Balaban J connectivity index is 1.66. The molecule has 0 amide bonds. The molecule has 4 nitrogen and oxygen atoms in total. The lowest BCUT2D eigenvalue weighted by atomic mass is 10.1. The summed E-state index contributed by atoms with van der Waals surface area (Å²) in [6.07, 6.45) is 0.800. The van der Waals surface area contributed by atoms with Crippen LogP contribution in [0, 0.1) is 12.7 Å². The average Bonchev–Trinajstić information content (AvgIpc) is 2.57. The molecule has 0 aliphatic rings. The van der Waals surface area contributed by atoms with Crippen LogP contribution in [-0.4, -0.2) is 16.5 Å². The summed E-state index contributed by atoms with van der Waals surface area (Å²) < 4.78 is 13.8. The molecule has 0 atom stereocenters. The van der Waals surface area contributed by atoms with Crippen LogP contribution < -0.4 is 10.6 Å². The summed E-state index contributed by atoms with van der Waals surface area (Å²) >= 11 is 5.99. The van der Waals surface area contributed by atoms with E-state index in [2.05, 4.69) is 20.6 Å². The van der Waals surface area contributed by atoms with Gasteiger partial charge in [0.25, 0.3) is 0 Å². The highest BCUT2D eigenvalue weighted by Gasteiger charge is 2.05. The van der Waals surface area contributed by atoms with Gasteiger partial charge in [0.1, 0.15) is 11.6 Å². The van der Waals surface area contributed by atoms with Crippen LogP contribution >= 0.6 is 11.6 Å². The van der Waals surface area contributed by atoms with Crippen LogP contribution in [0.15, 0.2) is 54.6 Å². The van der Waals surface area contributed by atoms with E-state index in [1.165, 1.54) is 6.07 Å². The molecule has 0 aliphatic carbocycles. The summed E-state index contributed by atoms with van der Waals surface area (Å²) in [6, 6.07) is 16.0. The van der Waals surface area contributed by atoms with Crippen molar-refractivity contribution in [3.05, 3.63) is 76.7 Å². The van der Waals surface area contributed by atoms with E-state index < -0.39 is 0 Å². The van der Waals surface area contributed by atoms with E-state index in [4.69, 9.17) is 11.6 Å². The van der Waals surface area contributed by atoms with Gasteiger partial charge in [-0.05, 0) is 43.2 Å². The highest BCUT2D eigenvalue weighted by Crippen LogP contribution is 2.19. The Morgan fingerprint density at radius 2 is 1.88 bits per heavy atom. The van der Waals surface area contributed by atoms with E-state index in [-0.39, 0.29) is 5.82 Å². The first kappa shape index (κ1) is 17.2. The standard InChI is InChI=1S/C19H18ClFN4/c1-13-11-18(24-17-8-3-2-7-16(17)21)25-19(23-13)22-10-9-14-5-4-6-15(20)12-14/h2-8,11-12H,9-10H2,1H3,(H2,22,23,24,25). The predicted molar refractivity (Wildman–Crippen MR) is 100 cm³/mol. The van der Waals surface area contributed by atoms with E-state index in [0.29, 0.717) is 24.0 Å². The molecular formula is C19H18ClFN4. The number of aromatic nitrogens is 2. The molecule has 25 heavy (non-hydrogen) atoms. The Morgan fingerprint density at radius 1 is 1.04 bits per heavy atom. The summed E-state index contributed by atoms with van der Waals surface area (Å²) in [4.78, 5) is 8.76. The molecule has 1 aromatic heterocycles. The maximum atomic E-state index is 13.8. The second-order valence-electron chi connectivity index (χ2n) is 5.63. The predicted octanol–water partition coefficient (Wildman–Crippen LogP) is 4.98. The Morgan fingerprint density at radius 3 is 2.68 bits per heavy atom. The van der Waals surface area contributed by atoms with E-state index in [0.717, 1.165) is 22.7 Å². The van der Waals surface area contributed by atoms with Crippen LogP contribution in [0.4, 0.5) is 21.8 Å². The molecule has 0 spiro atoms. The fourth-order valence-electron chi connectivity index (χ4n) is 2.42. The zero-order valence-corrected chi connectivity index (χ0v) is 14.5. The van der Waals surface area contributed by atoms with E-state index in [9.17, 15) is 4.39 Å². The molecule has 3 rings (SSSR count). The fraction of sp³-hybridized carbons (Fsp3) is 0.158. The Labute approximate surface area is 151 Å². The van der Waals surface area contributed by atoms with E-state index in [1.807, 2.05) is 31.2 Å². The number of nitrogens with zero attached hydrogens (tertiary/aromatic N) is 2. The molecule has 0 unspecified atom stereocenters. The topological polar surface area (TPSA) is 49.8 Å². The molecule has 0 aliphatic heterocycles. The van der Waals surface area contributed by atoms with E-state index in [1.54, 1.807) is 24.3 Å². The minimum Gasteiger partial charge on any atom is -0.354 e. The number of rotatable bonds is 6. The van der Waals surface area contributed by atoms with Gasteiger partial charge in [-0.15, -0.1) is 0 Å². The minimum absolute atomic E-state index is 0.325. The van der Waals surface area contributed by atoms with Crippen LogP contribution in [0.25, 0.3) is 0 Å². The van der Waals surface area contributed by atoms with Gasteiger partial charge < -0.3 is 10.6 Å². The van der Waals surface area contributed by atoms with Crippen molar-refractivity contribution in [3.63, 3.8) is 0 Å². The van der Waals surface area contributed by atoms with Crippen molar-refractivity contribution in [2.45, 2.75) is 13.3 Å². The minimum atomic E-state index is -0.325. The van der Waals surface area contributed by atoms with Crippen LogP contribution in [0.3, 0.4) is 0 Å². The van der Waals surface area contributed by atoms with Gasteiger partial charge in [-0.3, -0.25) is 0 Å². The van der Waals surface area contributed by atoms with Gasteiger partial charge >= 0.3 is 0 Å². The molecular weight excluding hydrogens is 339 g/mol. The number of aryl methyl sites for hydroxylation is 1. The van der Waals surface area contributed by atoms with Crippen molar-refractivity contribution in [2.75, 3.05) is 17.2 Å². The Kier molecular flexibility index (Phi) is 5.46. The van der Waals surface area contributed by atoms with Crippen LogP contribution in [0.1, 0.15) is 11.3 Å². The largest absolute Gasteiger partial charge is 0.354 e.